The van der Waals surface area contributed by atoms with Crippen LogP contribution in [0.2, 0.25) is 0 Å². The molecule has 0 bridgehead atoms. The first-order valence-corrected chi connectivity index (χ1v) is 7.67. The number of nitrogens with zero attached hydrogens (tertiary/aromatic N) is 1. The van der Waals surface area contributed by atoms with Crippen LogP contribution in [0.5, 0.6) is 0 Å². The molecule has 110 valence electrons. The summed E-state index contributed by atoms with van der Waals surface area (Å²) in [4.78, 5) is 13.5. The molecule has 0 saturated heterocycles. The summed E-state index contributed by atoms with van der Waals surface area (Å²) < 4.78 is 12.9. The number of hydrogen-bond donors (Lipinski definition) is 1. The number of nitrogens with one attached hydrogen (secondary N) is 1. The van der Waals surface area contributed by atoms with Gasteiger partial charge in [-0.2, -0.15) is 5.10 Å². The maximum absolute atomic E-state index is 12.9. The smallest absolute Gasteiger partial charge is 0.266 e. The Labute approximate surface area is 127 Å². The molecule has 1 N–H and O–H groups in total. The van der Waals surface area contributed by atoms with Crippen molar-refractivity contribution in [2.45, 2.75) is 26.7 Å². The fourth-order valence-electron chi connectivity index (χ4n) is 1.82. The number of halogens is 1. The average molecular weight is 304 g/mol. The van der Waals surface area contributed by atoms with E-state index in [1.54, 1.807) is 18.2 Å². The van der Waals surface area contributed by atoms with Crippen molar-refractivity contribution >= 4 is 23.0 Å². The fraction of sp³-hybridized carbons (Fsp3) is 0.250. The molecular formula is C16H17FN2OS. The molecule has 2 aromatic rings. The van der Waals surface area contributed by atoms with E-state index in [-0.39, 0.29) is 11.7 Å². The molecular weight excluding hydrogens is 287 g/mol. The monoisotopic (exact) mass is 304 g/mol. The second-order valence-corrected chi connectivity index (χ2v) is 5.58. The van der Waals surface area contributed by atoms with Crippen LogP contribution in [-0.2, 0) is 0 Å². The van der Waals surface area contributed by atoms with Crippen LogP contribution in [-0.4, -0.2) is 11.6 Å². The summed E-state index contributed by atoms with van der Waals surface area (Å²) in [6, 6.07) is 9.84. The summed E-state index contributed by atoms with van der Waals surface area (Å²) >= 11 is 1.36. The van der Waals surface area contributed by atoms with Gasteiger partial charge in [0.25, 0.3) is 5.91 Å². The first-order chi connectivity index (χ1) is 10.1. The lowest BCUT2D eigenvalue weighted by Crippen LogP contribution is -2.18. The standard InChI is InChI=1S/C16H17FN2OS/c1-3-13(4-2)18-19-16(20)15-10-9-14(21-15)11-5-7-12(17)8-6-11/h5-10H,3-4H2,1-2H3,(H,19,20). The van der Waals surface area contributed by atoms with E-state index in [1.165, 1.54) is 23.5 Å². The third kappa shape index (κ3) is 3.98. The van der Waals surface area contributed by atoms with Crippen molar-refractivity contribution in [2.75, 3.05) is 0 Å². The highest BCUT2D eigenvalue weighted by Crippen LogP contribution is 2.28. The van der Waals surface area contributed by atoms with Gasteiger partial charge in [0.15, 0.2) is 0 Å². The highest BCUT2D eigenvalue weighted by Gasteiger charge is 2.10. The predicted octanol–water partition coefficient (Wildman–Crippen LogP) is 4.46. The molecule has 1 heterocycles. The second-order valence-electron chi connectivity index (χ2n) is 4.50. The van der Waals surface area contributed by atoms with Crippen molar-refractivity contribution < 1.29 is 9.18 Å². The topological polar surface area (TPSA) is 41.5 Å². The minimum absolute atomic E-state index is 0.215. The molecule has 1 amide bonds. The Morgan fingerprint density at radius 3 is 2.43 bits per heavy atom. The van der Waals surface area contributed by atoms with Crippen molar-refractivity contribution in [1.29, 1.82) is 0 Å². The van der Waals surface area contributed by atoms with E-state index >= 15 is 0 Å². The zero-order chi connectivity index (χ0) is 15.2. The van der Waals surface area contributed by atoms with Crippen LogP contribution in [0.25, 0.3) is 10.4 Å². The van der Waals surface area contributed by atoms with Crippen molar-refractivity contribution in [1.82, 2.24) is 5.43 Å². The van der Waals surface area contributed by atoms with Gasteiger partial charge in [-0.15, -0.1) is 11.3 Å². The molecule has 1 aromatic carbocycles. The molecule has 0 aliphatic carbocycles. The number of amides is 1. The van der Waals surface area contributed by atoms with Crippen LogP contribution in [0.3, 0.4) is 0 Å². The number of carbonyl (C=O) groups is 1. The van der Waals surface area contributed by atoms with Gasteiger partial charge in [-0.05, 0) is 42.7 Å². The van der Waals surface area contributed by atoms with Crippen LogP contribution < -0.4 is 5.43 Å². The zero-order valence-corrected chi connectivity index (χ0v) is 12.8. The van der Waals surface area contributed by atoms with Gasteiger partial charge >= 0.3 is 0 Å². The lowest BCUT2D eigenvalue weighted by molar-refractivity contribution is 0.0958. The van der Waals surface area contributed by atoms with Gasteiger partial charge in [-0.3, -0.25) is 4.79 Å². The van der Waals surface area contributed by atoms with E-state index in [0.29, 0.717) is 4.88 Å². The lowest BCUT2D eigenvalue weighted by Gasteiger charge is -2.00. The van der Waals surface area contributed by atoms with Crippen molar-refractivity contribution in [3.05, 3.63) is 47.1 Å². The first-order valence-electron chi connectivity index (χ1n) is 6.85. The molecule has 0 saturated carbocycles. The van der Waals surface area contributed by atoms with E-state index in [9.17, 15) is 9.18 Å². The largest absolute Gasteiger partial charge is 0.281 e. The first kappa shape index (κ1) is 15.4. The van der Waals surface area contributed by atoms with Gasteiger partial charge in [-0.25, -0.2) is 9.82 Å². The summed E-state index contributed by atoms with van der Waals surface area (Å²) in [5.74, 6) is -0.484. The highest BCUT2D eigenvalue weighted by molar-refractivity contribution is 7.17. The summed E-state index contributed by atoms with van der Waals surface area (Å²) in [6.07, 6.45) is 1.64. The Bertz CT molecular complexity index is 641. The third-order valence-corrected chi connectivity index (χ3v) is 4.22. The fourth-order valence-corrected chi connectivity index (χ4v) is 2.72. The van der Waals surface area contributed by atoms with Crippen molar-refractivity contribution in [3.63, 3.8) is 0 Å². The van der Waals surface area contributed by atoms with Crippen molar-refractivity contribution in [3.8, 4) is 10.4 Å². The molecule has 0 aliphatic rings. The Hall–Kier alpha value is -2.01. The Morgan fingerprint density at radius 1 is 1.14 bits per heavy atom. The van der Waals surface area contributed by atoms with Crippen LogP contribution >= 0.6 is 11.3 Å². The summed E-state index contributed by atoms with van der Waals surface area (Å²) in [5, 5.41) is 4.10. The van der Waals surface area contributed by atoms with Gasteiger partial charge in [0, 0.05) is 10.6 Å². The van der Waals surface area contributed by atoms with Crippen LogP contribution in [0.4, 0.5) is 4.39 Å². The molecule has 21 heavy (non-hydrogen) atoms. The molecule has 0 unspecified atom stereocenters. The average Bonchev–Trinajstić information content (AvgIpc) is 2.99. The van der Waals surface area contributed by atoms with Gasteiger partial charge in [-0.1, -0.05) is 26.0 Å². The number of benzene rings is 1. The quantitative estimate of drug-likeness (QED) is 0.643. The maximum atomic E-state index is 12.9. The van der Waals surface area contributed by atoms with E-state index in [0.717, 1.165) is 29.0 Å². The van der Waals surface area contributed by atoms with Gasteiger partial charge in [0.05, 0.1) is 4.88 Å². The molecule has 3 nitrogen and oxygen atoms in total. The lowest BCUT2D eigenvalue weighted by atomic mass is 10.2. The molecule has 2 rings (SSSR count). The molecule has 0 aliphatic heterocycles. The van der Waals surface area contributed by atoms with E-state index < -0.39 is 0 Å². The minimum atomic E-state index is -0.269. The number of thiophene rings is 1. The van der Waals surface area contributed by atoms with Crippen molar-refractivity contribution in [2.24, 2.45) is 5.10 Å². The SMILES string of the molecule is CCC(CC)=NNC(=O)c1ccc(-c2ccc(F)cc2)s1. The van der Waals surface area contributed by atoms with E-state index in [1.807, 2.05) is 19.9 Å². The summed E-state index contributed by atoms with van der Waals surface area (Å²) in [6.45, 7) is 4.01. The Balaban J connectivity index is 2.10. The molecule has 0 radical (unpaired) electrons. The number of hydrogen-bond acceptors (Lipinski definition) is 3. The van der Waals surface area contributed by atoms with Crippen LogP contribution in [0, 0.1) is 5.82 Å². The molecule has 0 spiro atoms. The minimum Gasteiger partial charge on any atom is -0.266 e. The molecule has 1 aromatic heterocycles. The highest BCUT2D eigenvalue weighted by atomic mass is 32.1. The van der Waals surface area contributed by atoms with Crippen LogP contribution in [0.15, 0.2) is 41.5 Å². The predicted molar refractivity (Wildman–Crippen MR) is 85.2 cm³/mol. The van der Waals surface area contributed by atoms with Gasteiger partial charge < -0.3 is 0 Å². The normalized spacial score (nSPS) is 10.2. The van der Waals surface area contributed by atoms with Crippen LogP contribution in [0.1, 0.15) is 36.4 Å². The van der Waals surface area contributed by atoms with E-state index in [4.69, 9.17) is 0 Å². The molecule has 0 atom stereocenters. The third-order valence-electron chi connectivity index (χ3n) is 3.09. The van der Waals surface area contributed by atoms with Gasteiger partial charge in [0.2, 0.25) is 0 Å². The van der Waals surface area contributed by atoms with Gasteiger partial charge in [0.1, 0.15) is 5.82 Å². The van der Waals surface area contributed by atoms with E-state index in [2.05, 4.69) is 10.5 Å². The Kier molecular flexibility index (Phi) is 5.22. The maximum Gasteiger partial charge on any atom is 0.281 e. The number of carbonyl (C=O) groups excluding carboxylic acids is 1. The number of rotatable bonds is 5. The summed E-state index contributed by atoms with van der Waals surface area (Å²) in [7, 11) is 0. The Morgan fingerprint density at radius 2 is 1.81 bits per heavy atom. The molecule has 0 fully saturated rings. The summed E-state index contributed by atoms with van der Waals surface area (Å²) in [5.41, 5.74) is 4.43. The number of hydrazone groups is 1. The molecule has 5 heteroatoms. The zero-order valence-electron chi connectivity index (χ0n) is 12.0. The second kappa shape index (κ2) is 7.13.